The molecule has 28 heavy (non-hydrogen) atoms. The average Bonchev–Trinajstić information content (AvgIpc) is 3.10. The number of hydrogen-bond acceptors (Lipinski definition) is 3. The first kappa shape index (κ1) is 17.9. The van der Waals surface area contributed by atoms with Crippen LogP contribution in [0, 0.1) is 0 Å². The van der Waals surface area contributed by atoms with E-state index < -0.39 is 0 Å². The predicted molar refractivity (Wildman–Crippen MR) is 110 cm³/mol. The highest BCUT2D eigenvalue weighted by molar-refractivity contribution is 5.92. The summed E-state index contributed by atoms with van der Waals surface area (Å²) in [6.45, 7) is 1.24. The minimum Gasteiger partial charge on any atom is -0.333 e. The van der Waals surface area contributed by atoms with Crippen molar-refractivity contribution in [3.05, 3.63) is 96.1 Å². The summed E-state index contributed by atoms with van der Waals surface area (Å²) >= 11 is 0. The number of para-hydroxylation sites is 2. The Balaban J connectivity index is 1.60. The topological polar surface area (TPSA) is 51.0 Å². The molecule has 1 amide bonds. The third kappa shape index (κ3) is 3.78. The molecule has 0 fully saturated rings. The molecule has 0 aliphatic rings. The molecular formula is C23H22N4O. The van der Waals surface area contributed by atoms with Crippen molar-refractivity contribution in [1.82, 2.24) is 19.4 Å². The second-order valence-electron chi connectivity index (χ2n) is 6.78. The van der Waals surface area contributed by atoms with E-state index in [2.05, 4.69) is 39.9 Å². The Morgan fingerprint density at radius 3 is 2.50 bits per heavy atom. The van der Waals surface area contributed by atoms with Crippen molar-refractivity contribution in [3.8, 4) is 0 Å². The number of carbonyl (C=O) groups is 1. The highest BCUT2D eigenvalue weighted by Gasteiger charge is 2.17. The largest absolute Gasteiger partial charge is 0.333 e. The molecular weight excluding hydrogens is 348 g/mol. The molecule has 0 N–H and O–H groups in total. The van der Waals surface area contributed by atoms with Crippen molar-refractivity contribution >= 4 is 16.9 Å². The summed E-state index contributed by atoms with van der Waals surface area (Å²) in [5.41, 5.74) is 3.76. The normalized spacial score (nSPS) is 10.9. The summed E-state index contributed by atoms with van der Waals surface area (Å²) in [6.07, 6.45) is 2.54. The third-order valence-corrected chi connectivity index (χ3v) is 4.81. The molecule has 2 aromatic carbocycles. The molecule has 0 unspecified atom stereocenters. The van der Waals surface area contributed by atoms with Crippen molar-refractivity contribution in [1.29, 1.82) is 0 Å². The van der Waals surface area contributed by atoms with E-state index in [4.69, 9.17) is 4.98 Å². The maximum atomic E-state index is 12.7. The van der Waals surface area contributed by atoms with Crippen LogP contribution < -0.4 is 0 Å². The molecule has 5 nitrogen and oxygen atoms in total. The first-order valence-corrected chi connectivity index (χ1v) is 9.37. The van der Waals surface area contributed by atoms with E-state index in [1.54, 1.807) is 30.3 Å². The van der Waals surface area contributed by atoms with Crippen LogP contribution in [0.5, 0.6) is 0 Å². The number of nitrogens with zero attached hydrogens (tertiary/aromatic N) is 4. The van der Waals surface area contributed by atoms with Crippen LogP contribution >= 0.6 is 0 Å². The maximum Gasteiger partial charge on any atom is 0.272 e. The second kappa shape index (κ2) is 8.05. The Bertz CT molecular complexity index is 1070. The van der Waals surface area contributed by atoms with Gasteiger partial charge in [0.05, 0.1) is 17.6 Å². The fourth-order valence-electron chi connectivity index (χ4n) is 3.35. The number of hydrogen-bond donors (Lipinski definition) is 0. The van der Waals surface area contributed by atoms with Crippen LogP contribution in [0.15, 0.2) is 79.0 Å². The van der Waals surface area contributed by atoms with Crippen LogP contribution in [0.4, 0.5) is 0 Å². The number of fused-ring (bicyclic) bond motifs is 1. The van der Waals surface area contributed by atoms with E-state index in [0.29, 0.717) is 12.2 Å². The first-order valence-electron chi connectivity index (χ1n) is 9.37. The van der Waals surface area contributed by atoms with Crippen molar-refractivity contribution in [2.24, 2.45) is 0 Å². The number of aromatic nitrogens is 3. The van der Waals surface area contributed by atoms with Gasteiger partial charge in [-0.25, -0.2) is 4.98 Å². The zero-order chi connectivity index (χ0) is 19.3. The monoisotopic (exact) mass is 370 g/mol. The van der Waals surface area contributed by atoms with Crippen molar-refractivity contribution in [3.63, 3.8) is 0 Å². The second-order valence-corrected chi connectivity index (χ2v) is 6.78. The molecule has 0 aliphatic carbocycles. The van der Waals surface area contributed by atoms with Crippen LogP contribution in [0.1, 0.15) is 21.9 Å². The van der Waals surface area contributed by atoms with Gasteiger partial charge in [0, 0.05) is 19.8 Å². The van der Waals surface area contributed by atoms with Gasteiger partial charge in [-0.2, -0.15) is 0 Å². The minimum absolute atomic E-state index is 0.109. The van der Waals surface area contributed by atoms with Crippen LogP contribution in [0.2, 0.25) is 0 Å². The molecule has 0 spiro atoms. The van der Waals surface area contributed by atoms with E-state index >= 15 is 0 Å². The summed E-state index contributed by atoms with van der Waals surface area (Å²) in [5.74, 6) is 0.770. The van der Waals surface area contributed by atoms with Gasteiger partial charge in [0.15, 0.2) is 0 Å². The zero-order valence-corrected chi connectivity index (χ0v) is 15.8. The van der Waals surface area contributed by atoms with Crippen LogP contribution in [0.3, 0.4) is 0 Å². The number of benzene rings is 2. The molecule has 2 aromatic heterocycles. The lowest BCUT2D eigenvalue weighted by Gasteiger charge is -2.17. The van der Waals surface area contributed by atoms with Crippen LogP contribution in [0.25, 0.3) is 11.0 Å². The molecule has 0 saturated heterocycles. The molecule has 4 rings (SSSR count). The fraction of sp³-hybridized carbons (Fsp3) is 0.174. The molecule has 140 valence electrons. The van der Waals surface area contributed by atoms with E-state index in [1.807, 2.05) is 30.3 Å². The van der Waals surface area contributed by atoms with Gasteiger partial charge in [-0.1, -0.05) is 48.5 Å². The number of imidazole rings is 1. The van der Waals surface area contributed by atoms with E-state index in [1.165, 1.54) is 5.56 Å². The van der Waals surface area contributed by atoms with Crippen LogP contribution in [-0.2, 0) is 19.5 Å². The molecule has 5 heteroatoms. The average molecular weight is 370 g/mol. The standard InChI is InChI=1S/C23H22N4O/c1-26(23(28)20-12-7-8-15-24-20)17-22-25-19-11-5-6-13-21(19)27(22)16-14-18-9-3-2-4-10-18/h2-13,15H,14,16-17H2,1H3. The van der Waals surface area contributed by atoms with Crippen molar-refractivity contribution in [2.75, 3.05) is 7.05 Å². The smallest absolute Gasteiger partial charge is 0.272 e. The van der Waals surface area contributed by atoms with Gasteiger partial charge in [0.1, 0.15) is 11.5 Å². The molecule has 0 radical (unpaired) electrons. The summed E-state index contributed by atoms with van der Waals surface area (Å²) in [7, 11) is 1.79. The predicted octanol–water partition coefficient (Wildman–Crippen LogP) is 3.95. The number of rotatable bonds is 6. The lowest BCUT2D eigenvalue weighted by Crippen LogP contribution is -2.28. The maximum absolute atomic E-state index is 12.7. The van der Waals surface area contributed by atoms with Gasteiger partial charge >= 0.3 is 0 Å². The van der Waals surface area contributed by atoms with Gasteiger partial charge in [-0.05, 0) is 36.2 Å². The quantitative estimate of drug-likeness (QED) is 0.516. The number of pyridine rings is 1. The van der Waals surface area contributed by atoms with Gasteiger partial charge in [0.25, 0.3) is 5.91 Å². The summed E-state index contributed by atoms with van der Waals surface area (Å²) in [5, 5.41) is 0. The number of amides is 1. The van der Waals surface area contributed by atoms with Crippen LogP contribution in [-0.4, -0.2) is 32.4 Å². The lowest BCUT2D eigenvalue weighted by atomic mass is 10.1. The molecule has 0 atom stereocenters. The Kier molecular flexibility index (Phi) is 5.15. The fourth-order valence-corrected chi connectivity index (χ4v) is 3.35. The van der Waals surface area contributed by atoms with E-state index in [-0.39, 0.29) is 5.91 Å². The number of aryl methyl sites for hydroxylation is 2. The number of carbonyl (C=O) groups excluding carboxylic acids is 1. The van der Waals surface area contributed by atoms with Gasteiger partial charge < -0.3 is 9.47 Å². The third-order valence-electron chi connectivity index (χ3n) is 4.81. The summed E-state index contributed by atoms with van der Waals surface area (Å²) in [6, 6.07) is 23.9. The SMILES string of the molecule is CN(Cc1nc2ccccc2n1CCc1ccccc1)C(=O)c1ccccn1. The zero-order valence-electron chi connectivity index (χ0n) is 15.8. The Morgan fingerprint density at radius 2 is 1.71 bits per heavy atom. The molecule has 4 aromatic rings. The van der Waals surface area contributed by atoms with E-state index in [9.17, 15) is 4.79 Å². The summed E-state index contributed by atoms with van der Waals surface area (Å²) in [4.78, 5) is 23.3. The van der Waals surface area contributed by atoms with E-state index in [0.717, 1.165) is 29.8 Å². The molecule has 0 saturated carbocycles. The van der Waals surface area contributed by atoms with Crippen molar-refractivity contribution < 1.29 is 4.79 Å². The molecule has 0 bridgehead atoms. The highest BCUT2D eigenvalue weighted by atomic mass is 16.2. The Labute approximate surface area is 164 Å². The highest BCUT2D eigenvalue weighted by Crippen LogP contribution is 2.18. The lowest BCUT2D eigenvalue weighted by molar-refractivity contribution is 0.0774. The van der Waals surface area contributed by atoms with Crippen molar-refractivity contribution in [2.45, 2.75) is 19.5 Å². The summed E-state index contributed by atoms with van der Waals surface area (Å²) < 4.78 is 2.21. The first-order chi connectivity index (χ1) is 13.7. The Morgan fingerprint density at radius 1 is 0.964 bits per heavy atom. The van der Waals surface area contributed by atoms with Gasteiger partial charge in [-0.15, -0.1) is 0 Å². The molecule has 2 heterocycles. The van der Waals surface area contributed by atoms with Gasteiger partial charge in [0.2, 0.25) is 0 Å². The Hall–Kier alpha value is -3.47. The minimum atomic E-state index is -0.109. The molecule has 0 aliphatic heterocycles. The van der Waals surface area contributed by atoms with Gasteiger partial charge in [-0.3, -0.25) is 9.78 Å².